The van der Waals surface area contributed by atoms with E-state index < -0.39 is 0 Å². The molecule has 0 saturated carbocycles. The zero-order valence-corrected chi connectivity index (χ0v) is 13.6. The summed E-state index contributed by atoms with van der Waals surface area (Å²) >= 11 is 7.04. The van der Waals surface area contributed by atoms with Gasteiger partial charge in [-0.3, -0.25) is 4.90 Å². The number of benzene rings is 1. The molecule has 0 spiro atoms. The van der Waals surface area contributed by atoms with E-state index in [0.29, 0.717) is 10.3 Å². The summed E-state index contributed by atoms with van der Waals surface area (Å²) in [7, 11) is 0. The molecule has 20 heavy (non-hydrogen) atoms. The van der Waals surface area contributed by atoms with E-state index in [1.165, 1.54) is 12.1 Å². The summed E-state index contributed by atoms with van der Waals surface area (Å²) in [5, 5.41) is 0. The van der Waals surface area contributed by atoms with Crippen molar-refractivity contribution in [1.29, 1.82) is 0 Å². The van der Waals surface area contributed by atoms with Gasteiger partial charge in [-0.05, 0) is 30.7 Å². The molecule has 0 aromatic heterocycles. The van der Waals surface area contributed by atoms with Gasteiger partial charge < -0.3 is 5.73 Å². The minimum atomic E-state index is -0.288. The van der Waals surface area contributed by atoms with Gasteiger partial charge in [-0.1, -0.05) is 32.1 Å². The third kappa shape index (κ3) is 4.17. The molecule has 0 radical (unpaired) electrons. The number of halogens is 1. The standard InChI is InChI=1S/C15H21FN2S2/c1-15(2)5-6-18(7-8-20-15)10-11-3-4-12(16)9-13(11)14(17)19/h3-4,9H,5-8,10H2,1-2H3,(H2,17,19). The van der Waals surface area contributed by atoms with E-state index in [1.807, 2.05) is 11.8 Å². The van der Waals surface area contributed by atoms with Crippen molar-refractivity contribution < 1.29 is 4.39 Å². The highest BCUT2D eigenvalue weighted by Crippen LogP contribution is 2.31. The lowest BCUT2D eigenvalue weighted by Gasteiger charge is -2.23. The lowest BCUT2D eigenvalue weighted by molar-refractivity contribution is 0.276. The quantitative estimate of drug-likeness (QED) is 0.868. The highest BCUT2D eigenvalue weighted by Gasteiger charge is 2.24. The van der Waals surface area contributed by atoms with Gasteiger partial charge in [0.2, 0.25) is 0 Å². The second-order valence-corrected chi connectivity index (χ2v) is 8.04. The molecule has 0 amide bonds. The van der Waals surface area contributed by atoms with Crippen molar-refractivity contribution in [1.82, 2.24) is 4.90 Å². The van der Waals surface area contributed by atoms with E-state index in [-0.39, 0.29) is 10.8 Å². The van der Waals surface area contributed by atoms with Gasteiger partial charge in [-0.2, -0.15) is 11.8 Å². The maximum Gasteiger partial charge on any atom is 0.123 e. The molecule has 1 aliphatic rings. The summed E-state index contributed by atoms with van der Waals surface area (Å²) in [4.78, 5) is 2.67. The molecule has 1 aromatic rings. The van der Waals surface area contributed by atoms with Gasteiger partial charge >= 0.3 is 0 Å². The largest absolute Gasteiger partial charge is 0.389 e. The van der Waals surface area contributed by atoms with Gasteiger partial charge in [0.25, 0.3) is 0 Å². The Morgan fingerprint density at radius 1 is 1.45 bits per heavy atom. The first kappa shape index (κ1) is 15.7. The van der Waals surface area contributed by atoms with Crippen LogP contribution in [0.2, 0.25) is 0 Å². The Bertz CT molecular complexity index is 503. The Balaban J connectivity index is 2.12. The van der Waals surface area contributed by atoms with Crippen molar-refractivity contribution in [3.05, 3.63) is 35.1 Å². The van der Waals surface area contributed by atoms with Crippen LogP contribution in [0.1, 0.15) is 31.4 Å². The van der Waals surface area contributed by atoms with Crippen molar-refractivity contribution in [2.75, 3.05) is 18.8 Å². The third-order valence-electron chi connectivity index (χ3n) is 3.66. The van der Waals surface area contributed by atoms with Gasteiger partial charge in [0.05, 0.1) is 0 Å². The summed E-state index contributed by atoms with van der Waals surface area (Å²) in [6.07, 6.45) is 1.15. The average Bonchev–Trinajstić information content (AvgIpc) is 2.53. The van der Waals surface area contributed by atoms with Crippen molar-refractivity contribution >= 4 is 29.0 Å². The Hall–Kier alpha value is -0.650. The Morgan fingerprint density at radius 3 is 2.90 bits per heavy atom. The SMILES string of the molecule is CC1(C)CCN(Cc2ccc(F)cc2C(N)=S)CCS1. The molecule has 1 saturated heterocycles. The predicted octanol–water partition coefficient (Wildman–Crippen LogP) is 3.18. The first-order valence-corrected chi connectivity index (χ1v) is 8.21. The van der Waals surface area contributed by atoms with Crippen LogP contribution in [-0.2, 0) is 6.54 Å². The smallest absolute Gasteiger partial charge is 0.123 e. The van der Waals surface area contributed by atoms with E-state index in [2.05, 4.69) is 18.7 Å². The van der Waals surface area contributed by atoms with E-state index in [9.17, 15) is 4.39 Å². The molecule has 1 fully saturated rings. The van der Waals surface area contributed by atoms with E-state index >= 15 is 0 Å². The molecule has 110 valence electrons. The minimum Gasteiger partial charge on any atom is -0.389 e. The van der Waals surface area contributed by atoms with E-state index in [0.717, 1.165) is 37.4 Å². The van der Waals surface area contributed by atoms with Crippen LogP contribution < -0.4 is 5.73 Å². The number of hydrogen-bond acceptors (Lipinski definition) is 3. The van der Waals surface area contributed by atoms with Gasteiger partial charge in [0.1, 0.15) is 10.8 Å². The minimum absolute atomic E-state index is 0.268. The average molecular weight is 312 g/mol. The third-order valence-corrected chi connectivity index (χ3v) is 5.25. The summed E-state index contributed by atoms with van der Waals surface area (Å²) < 4.78 is 13.7. The molecule has 2 N–H and O–H groups in total. The zero-order chi connectivity index (χ0) is 14.8. The molecule has 0 unspecified atom stereocenters. The van der Waals surface area contributed by atoms with Crippen LogP contribution in [0.15, 0.2) is 18.2 Å². The van der Waals surface area contributed by atoms with Crippen LogP contribution >= 0.6 is 24.0 Å². The number of nitrogens with two attached hydrogens (primary N) is 1. The number of hydrogen-bond donors (Lipinski definition) is 1. The normalized spacial score (nSPS) is 19.6. The topological polar surface area (TPSA) is 29.3 Å². The summed E-state index contributed by atoms with van der Waals surface area (Å²) in [5.74, 6) is 0.834. The molecule has 2 nitrogen and oxygen atoms in total. The molecule has 0 aliphatic carbocycles. The second-order valence-electron chi connectivity index (χ2n) is 5.80. The van der Waals surface area contributed by atoms with Crippen LogP contribution in [0.5, 0.6) is 0 Å². The van der Waals surface area contributed by atoms with Crippen molar-refractivity contribution in [3.63, 3.8) is 0 Å². The predicted molar refractivity (Wildman–Crippen MR) is 88.7 cm³/mol. The molecule has 1 aromatic carbocycles. The van der Waals surface area contributed by atoms with E-state index in [4.69, 9.17) is 18.0 Å². The van der Waals surface area contributed by atoms with Crippen LogP contribution in [0.25, 0.3) is 0 Å². The summed E-state index contributed by atoms with van der Waals surface area (Å²) in [6, 6.07) is 4.72. The van der Waals surface area contributed by atoms with E-state index in [1.54, 1.807) is 6.07 Å². The lowest BCUT2D eigenvalue weighted by atomic mass is 10.1. The lowest BCUT2D eigenvalue weighted by Crippen LogP contribution is -2.28. The fourth-order valence-corrected chi connectivity index (χ4v) is 3.71. The zero-order valence-electron chi connectivity index (χ0n) is 12.0. The molecular formula is C15H21FN2S2. The molecule has 2 rings (SSSR count). The number of rotatable bonds is 3. The number of thioether (sulfide) groups is 1. The molecule has 1 heterocycles. The second kappa shape index (κ2) is 6.41. The Kier molecular flexibility index (Phi) is 5.04. The van der Waals surface area contributed by atoms with Gasteiger partial charge in [-0.25, -0.2) is 4.39 Å². The van der Waals surface area contributed by atoms with Crippen LogP contribution in [0.4, 0.5) is 4.39 Å². The Morgan fingerprint density at radius 2 is 2.20 bits per heavy atom. The molecule has 0 bridgehead atoms. The summed E-state index contributed by atoms with van der Waals surface area (Å²) in [6.45, 7) is 7.46. The maximum atomic E-state index is 13.3. The molecule has 5 heteroatoms. The van der Waals surface area contributed by atoms with Gasteiger partial charge in [0.15, 0.2) is 0 Å². The van der Waals surface area contributed by atoms with Crippen LogP contribution in [0, 0.1) is 5.82 Å². The molecule has 0 atom stereocenters. The monoisotopic (exact) mass is 312 g/mol. The first-order chi connectivity index (χ1) is 9.37. The van der Waals surface area contributed by atoms with Crippen molar-refractivity contribution in [3.8, 4) is 0 Å². The van der Waals surface area contributed by atoms with Crippen molar-refractivity contribution in [2.24, 2.45) is 5.73 Å². The van der Waals surface area contributed by atoms with Crippen LogP contribution in [-0.4, -0.2) is 33.5 Å². The highest BCUT2D eigenvalue weighted by atomic mass is 32.2. The summed E-state index contributed by atoms with van der Waals surface area (Å²) in [5.41, 5.74) is 7.39. The number of thiocarbonyl (C=S) groups is 1. The number of nitrogens with zero attached hydrogens (tertiary/aromatic N) is 1. The fraction of sp³-hybridized carbons (Fsp3) is 0.533. The first-order valence-electron chi connectivity index (χ1n) is 6.82. The molecular weight excluding hydrogens is 291 g/mol. The highest BCUT2D eigenvalue weighted by molar-refractivity contribution is 8.00. The van der Waals surface area contributed by atoms with Crippen molar-refractivity contribution in [2.45, 2.75) is 31.6 Å². The maximum absolute atomic E-state index is 13.3. The fourth-order valence-electron chi connectivity index (χ4n) is 2.38. The Labute approximate surface area is 129 Å². The van der Waals surface area contributed by atoms with Crippen LogP contribution in [0.3, 0.4) is 0 Å². The van der Waals surface area contributed by atoms with Gasteiger partial charge in [-0.15, -0.1) is 0 Å². The van der Waals surface area contributed by atoms with Gasteiger partial charge in [0, 0.05) is 29.2 Å². The molecule has 1 aliphatic heterocycles.